The number of hydrogen-bond donors (Lipinski definition) is 1. The molecule has 0 spiro atoms. The van der Waals surface area contributed by atoms with Crippen LogP contribution in [0.3, 0.4) is 0 Å². The van der Waals surface area contributed by atoms with Gasteiger partial charge < -0.3 is 14.8 Å². The Labute approximate surface area is 95.4 Å². The van der Waals surface area contributed by atoms with Gasteiger partial charge in [-0.15, -0.1) is 11.3 Å². The molecule has 1 N–H and O–H groups in total. The Kier molecular flexibility index (Phi) is 6.59. The summed E-state index contributed by atoms with van der Waals surface area (Å²) in [5.41, 5.74) is 0. The van der Waals surface area contributed by atoms with Gasteiger partial charge in [0, 0.05) is 25.0 Å². The largest absolute Gasteiger partial charge is 0.382 e. The van der Waals surface area contributed by atoms with E-state index >= 15 is 0 Å². The maximum atomic E-state index is 5.72. The van der Waals surface area contributed by atoms with E-state index in [1.807, 2.05) is 7.05 Å². The van der Waals surface area contributed by atoms with Gasteiger partial charge in [0.25, 0.3) is 0 Å². The second kappa shape index (κ2) is 7.82. The molecule has 0 aliphatic heterocycles. The highest BCUT2D eigenvalue weighted by atomic mass is 32.1. The van der Waals surface area contributed by atoms with Gasteiger partial charge in [-0.05, 0) is 18.5 Å². The van der Waals surface area contributed by atoms with E-state index < -0.39 is 0 Å². The number of methoxy groups -OCH3 is 1. The molecule has 1 atom stereocenters. The van der Waals surface area contributed by atoms with Gasteiger partial charge in [0.15, 0.2) is 0 Å². The Bertz CT molecular complexity index is 233. The number of rotatable bonds is 8. The van der Waals surface area contributed by atoms with Crippen LogP contribution in [0, 0.1) is 0 Å². The molecule has 3 nitrogen and oxygen atoms in total. The van der Waals surface area contributed by atoms with E-state index in [0.29, 0.717) is 6.61 Å². The van der Waals surface area contributed by atoms with E-state index in [2.05, 4.69) is 22.8 Å². The molecule has 0 amide bonds. The lowest BCUT2D eigenvalue weighted by molar-refractivity contribution is 0.00155. The van der Waals surface area contributed by atoms with Crippen molar-refractivity contribution >= 4 is 11.3 Å². The average molecular weight is 229 g/mol. The lowest BCUT2D eigenvalue weighted by atomic mass is 10.3. The van der Waals surface area contributed by atoms with E-state index in [9.17, 15) is 0 Å². The van der Waals surface area contributed by atoms with Gasteiger partial charge in [-0.3, -0.25) is 0 Å². The predicted molar refractivity (Wildman–Crippen MR) is 63.6 cm³/mol. The summed E-state index contributed by atoms with van der Waals surface area (Å²) >= 11 is 1.77. The molecule has 15 heavy (non-hydrogen) atoms. The van der Waals surface area contributed by atoms with Crippen molar-refractivity contribution in [2.45, 2.75) is 12.5 Å². The van der Waals surface area contributed by atoms with Crippen LogP contribution in [0.5, 0.6) is 0 Å². The molecule has 0 radical (unpaired) electrons. The van der Waals surface area contributed by atoms with Crippen LogP contribution in [0.15, 0.2) is 17.5 Å². The average Bonchev–Trinajstić information content (AvgIpc) is 2.71. The maximum absolute atomic E-state index is 5.72. The monoisotopic (exact) mass is 229 g/mol. The summed E-state index contributed by atoms with van der Waals surface area (Å²) in [4.78, 5) is 1.37. The third-order valence-corrected chi connectivity index (χ3v) is 3.00. The number of ether oxygens (including phenoxy) is 2. The SMILES string of the molecule is CNCC(COC)OCCc1cccs1. The number of nitrogens with one attached hydrogen (secondary N) is 1. The van der Waals surface area contributed by atoms with Crippen molar-refractivity contribution in [3.05, 3.63) is 22.4 Å². The summed E-state index contributed by atoms with van der Waals surface area (Å²) in [6.45, 7) is 2.24. The van der Waals surface area contributed by atoms with Gasteiger partial charge in [0.05, 0.1) is 19.3 Å². The quantitative estimate of drug-likeness (QED) is 0.733. The summed E-state index contributed by atoms with van der Waals surface area (Å²) in [7, 11) is 3.62. The summed E-state index contributed by atoms with van der Waals surface area (Å²) in [5, 5.41) is 5.19. The smallest absolute Gasteiger partial charge is 0.0932 e. The molecule has 1 aromatic heterocycles. The van der Waals surface area contributed by atoms with Crippen LogP contribution in [0.2, 0.25) is 0 Å². The van der Waals surface area contributed by atoms with Crippen molar-refractivity contribution in [1.29, 1.82) is 0 Å². The molecule has 1 rings (SSSR count). The third kappa shape index (κ3) is 5.28. The fourth-order valence-electron chi connectivity index (χ4n) is 1.36. The van der Waals surface area contributed by atoms with E-state index in [1.165, 1.54) is 4.88 Å². The molecule has 1 heterocycles. The highest BCUT2D eigenvalue weighted by molar-refractivity contribution is 7.09. The molecule has 0 bridgehead atoms. The van der Waals surface area contributed by atoms with Crippen LogP contribution in [-0.4, -0.2) is 40.0 Å². The maximum Gasteiger partial charge on any atom is 0.0932 e. The van der Waals surface area contributed by atoms with E-state index in [0.717, 1.165) is 19.6 Å². The van der Waals surface area contributed by atoms with Crippen molar-refractivity contribution < 1.29 is 9.47 Å². The zero-order valence-electron chi connectivity index (χ0n) is 9.36. The van der Waals surface area contributed by atoms with Gasteiger partial charge in [-0.2, -0.15) is 0 Å². The molecule has 0 aliphatic carbocycles. The number of likely N-dealkylation sites (N-methyl/N-ethyl adjacent to an activating group) is 1. The Hall–Kier alpha value is -0.420. The molecule has 0 saturated heterocycles. The van der Waals surface area contributed by atoms with Crippen LogP contribution in [0.25, 0.3) is 0 Å². The fourth-order valence-corrected chi connectivity index (χ4v) is 2.05. The normalized spacial score (nSPS) is 12.9. The summed E-state index contributed by atoms with van der Waals surface area (Å²) in [5.74, 6) is 0. The summed E-state index contributed by atoms with van der Waals surface area (Å²) in [6.07, 6.45) is 1.14. The van der Waals surface area contributed by atoms with Crippen LogP contribution in [-0.2, 0) is 15.9 Å². The second-order valence-electron chi connectivity index (χ2n) is 3.34. The second-order valence-corrected chi connectivity index (χ2v) is 4.37. The van der Waals surface area contributed by atoms with E-state index in [1.54, 1.807) is 18.4 Å². The van der Waals surface area contributed by atoms with Crippen LogP contribution in [0.1, 0.15) is 4.88 Å². The minimum absolute atomic E-state index is 0.153. The first-order valence-corrected chi connectivity index (χ1v) is 6.02. The molecular formula is C11H19NO2S. The molecular weight excluding hydrogens is 210 g/mol. The summed E-state index contributed by atoms with van der Waals surface area (Å²) in [6, 6.07) is 4.21. The van der Waals surface area contributed by atoms with Crippen molar-refractivity contribution in [1.82, 2.24) is 5.32 Å². The fraction of sp³-hybridized carbons (Fsp3) is 0.636. The lowest BCUT2D eigenvalue weighted by Crippen LogP contribution is -2.31. The van der Waals surface area contributed by atoms with Crippen LogP contribution < -0.4 is 5.32 Å². The van der Waals surface area contributed by atoms with Gasteiger partial charge in [0.1, 0.15) is 0 Å². The summed E-state index contributed by atoms with van der Waals surface area (Å²) < 4.78 is 10.8. The Morgan fingerprint density at radius 3 is 3.00 bits per heavy atom. The first-order valence-electron chi connectivity index (χ1n) is 5.14. The lowest BCUT2D eigenvalue weighted by Gasteiger charge is -2.16. The standard InChI is InChI=1S/C11H19NO2S/c1-12-8-10(9-13-2)14-6-5-11-4-3-7-15-11/h3-4,7,10,12H,5-6,8-9H2,1-2H3. The molecule has 4 heteroatoms. The molecule has 1 aromatic rings. The van der Waals surface area contributed by atoms with Gasteiger partial charge in [-0.25, -0.2) is 0 Å². The zero-order valence-corrected chi connectivity index (χ0v) is 10.2. The van der Waals surface area contributed by atoms with Gasteiger partial charge in [0.2, 0.25) is 0 Å². The predicted octanol–water partition coefficient (Wildman–Crippen LogP) is 1.54. The zero-order chi connectivity index (χ0) is 10.9. The van der Waals surface area contributed by atoms with E-state index in [4.69, 9.17) is 9.47 Å². The van der Waals surface area contributed by atoms with Gasteiger partial charge >= 0.3 is 0 Å². The molecule has 1 unspecified atom stereocenters. The van der Waals surface area contributed by atoms with Crippen LogP contribution >= 0.6 is 11.3 Å². The molecule has 86 valence electrons. The first-order chi connectivity index (χ1) is 7.36. The Balaban J connectivity index is 2.15. The van der Waals surface area contributed by atoms with Crippen molar-refractivity contribution in [3.8, 4) is 0 Å². The minimum Gasteiger partial charge on any atom is -0.382 e. The first kappa shape index (κ1) is 12.6. The number of hydrogen-bond acceptors (Lipinski definition) is 4. The van der Waals surface area contributed by atoms with Crippen molar-refractivity contribution in [2.75, 3.05) is 33.9 Å². The highest BCUT2D eigenvalue weighted by Crippen LogP contribution is 2.09. The molecule has 0 fully saturated rings. The third-order valence-electron chi connectivity index (χ3n) is 2.07. The highest BCUT2D eigenvalue weighted by Gasteiger charge is 2.07. The van der Waals surface area contributed by atoms with Crippen LogP contribution in [0.4, 0.5) is 0 Å². The molecule has 0 aromatic carbocycles. The minimum atomic E-state index is 0.153. The molecule has 0 aliphatic rings. The van der Waals surface area contributed by atoms with Crippen molar-refractivity contribution in [3.63, 3.8) is 0 Å². The Morgan fingerprint density at radius 2 is 2.40 bits per heavy atom. The molecule has 0 saturated carbocycles. The topological polar surface area (TPSA) is 30.5 Å². The number of thiophene rings is 1. The van der Waals surface area contributed by atoms with E-state index in [-0.39, 0.29) is 6.10 Å². The van der Waals surface area contributed by atoms with Gasteiger partial charge in [-0.1, -0.05) is 6.07 Å². The Morgan fingerprint density at radius 1 is 1.53 bits per heavy atom. The van der Waals surface area contributed by atoms with Crippen molar-refractivity contribution in [2.24, 2.45) is 0 Å².